The topological polar surface area (TPSA) is 121 Å². The van der Waals surface area contributed by atoms with Crippen LogP contribution in [0.15, 0.2) is 168 Å². The van der Waals surface area contributed by atoms with E-state index >= 15 is 0 Å². The first-order chi connectivity index (χ1) is 25.4. The Balaban J connectivity index is 0.000000162. The average Bonchev–Trinajstić information content (AvgIpc) is 3.86. The first-order valence-electron chi connectivity index (χ1n) is 16.2. The number of nitrogens with zero attached hydrogens (tertiary/aromatic N) is 8. The van der Waals surface area contributed by atoms with E-state index in [2.05, 4.69) is 55.4 Å². The quantitative estimate of drug-likeness (QED) is 0.113. The number of rotatable bonds is 8. The molecular formula is C40H32N8O2S2. The smallest absolute Gasteiger partial charge is 0.231 e. The standard InChI is InChI=1S/C20H16N4O2S.C20H16N4S/c1-27(25,26)20-21-13-12-19(22-20)24-18(16-10-6-3-7-11-16)14-17(23-24)15-8-4-2-5-9-15;1-25-20-21-13-12-19(22-20)24-18(16-10-6-3-7-11-16)14-17(23-24)15-8-4-2-5-9-15/h2-14H,1H3;2-14H,1H3. The second-order valence-electron chi connectivity index (χ2n) is 11.5. The third kappa shape index (κ3) is 7.73. The highest BCUT2D eigenvalue weighted by Crippen LogP contribution is 2.30. The van der Waals surface area contributed by atoms with Crippen LogP contribution in [-0.4, -0.2) is 60.4 Å². The summed E-state index contributed by atoms with van der Waals surface area (Å²) in [6.45, 7) is 0. The molecule has 256 valence electrons. The van der Waals surface area contributed by atoms with Crippen LogP contribution in [0.3, 0.4) is 0 Å². The van der Waals surface area contributed by atoms with Crippen molar-refractivity contribution in [3.63, 3.8) is 0 Å². The van der Waals surface area contributed by atoms with Crippen molar-refractivity contribution in [3.8, 4) is 56.7 Å². The van der Waals surface area contributed by atoms with Crippen LogP contribution in [0.5, 0.6) is 0 Å². The molecule has 4 aromatic carbocycles. The summed E-state index contributed by atoms with van der Waals surface area (Å²) < 4.78 is 27.2. The fourth-order valence-corrected chi connectivity index (χ4v) is 6.28. The predicted octanol–water partition coefficient (Wildman–Crippen LogP) is 8.12. The van der Waals surface area contributed by atoms with Gasteiger partial charge < -0.3 is 0 Å². The third-order valence-corrected chi connectivity index (χ3v) is 9.30. The largest absolute Gasteiger partial charge is 0.248 e. The van der Waals surface area contributed by atoms with Gasteiger partial charge >= 0.3 is 0 Å². The SMILES string of the molecule is CS(=O)(=O)c1nccc(-n2nc(-c3ccccc3)cc2-c2ccccc2)n1.CSc1nccc(-n2nc(-c3ccccc3)cc2-c2ccccc2)n1. The molecule has 10 nitrogen and oxygen atoms in total. The van der Waals surface area contributed by atoms with E-state index in [0.29, 0.717) is 5.82 Å². The van der Waals surface area contributed by atoms with E-state index in [1.807, 2.05) is 120 Å². The number of aromatic nitrogens is 8. The van der Waals surface area contributed by atoms with E-state index in [9.17, 15) is 8.42 Å². The Morgan fingerprint density at radius 2 is 0.923 bits per heavy atom. The maximum Gasteiger partial charge on any atom is 0.248 e. The number of hydrogen-bond donors (Lipinski definition) is 0. The van der Waals surface area contributed by atoms with Crippen LogP contribution in [0.2, 0.25) is 0 Å². The molecule has 0 amide bonds. The average molecular weight is 721 g/mol. The lowest BCUT2D eigenvalue weighted by Gasteiger charge is -2.07. The van der Waals surface area contributed by atoms with Gasteiger partial charge in [-0.2, -0.15) is 15.2 Å². The van der Waals surface area contributed by atoms with Crippen LogP contribution in [0.4, 0.5) is 0 Å². The van der Waals surface area contributed by atoms with Crippen LogP contribution >= 0.6 is 11.8 Å². The molecule has 0 radical (unpaired) electrons. The van der Waals surface area contributed by atoms with E-state index in [1.165, 1.54) is 18.0 Å². The normalized spacial score (nSPS) is 11.1. The third-order valence-electron chi connectivity index (χ3n) is 7.88. The van der Waals surface area contributed by atoms with Crippen LogP contribution < -0.4 is 0 Å². The molecule has 8 aromatic rings. The molecule has 0 fully saturated rings. The summed E-state index contributed by atoms with van der Waals surface area (Å²) in [5, 5.41) is 10.0. The van der Waals surface area contributed by atoms with Crippen molar-refractivity contribution in [2.24, 2.45) is 0 Å². The fourth-order valence-electron chi connectivity index (χ4n) is 5.42. The monoisotopic (exact) mass is 720 g/mol. The molecule has 4 aromatic heterocycles. The minimum Gasteiger partial charge on any atom is -0.231 e. The predicted molar refractivity (Wildman–Crippen MR) is 205 cm³/mol. The number of sulfone groups is 1. The number of benzene rings is 4. The molecule has 0 bridgehead atoms. The zero-order valence-corrected chi connectivity index (χ0v) is 29.9. The summed E-state index contributed by atoms with van der Waals surface area (Å²) in [5.41, 5.74) is 7.60. The van der Waals surface area contributed by atoms with Gasteiger partial charge in [0, 0.05) is 53.0 Å². The molecule has 0 atom stereocenters. The van der Waals surface area contributed by atoms with Gasteiger partial charge in [0.25, 0.3) is 0 Å². The van der Waals surface area contributed by atoms with Gasteiger partial charge in [-0.05, 0) is 18.4 Å². The maximum absolute atomic E-state index is 11.8. The van der Waals surface area contributed by atoms with Crippen molar-refractivity contribution in [1.29, 1.82) is 0 Å². The van der Waals surface area contributed by atoms with E-state index in [1.54, 1.807) is 16.9 Å². The molecule has 12 heteroatoms. The van der Waals surface area contributed by atoms with E-state index in [4.69, 9.17) is 5.10 Å². The summed E-state index contributed by atoms with van der Waals surface area (Å²) in [6.07, 6.45) is 6.25. The molecule has 0 unspecified atom stereocenters. The van der Waals surface area contributed by atoms with Gasteiger partial charge in [0.15, 0.2) is 16.8 Å². The molecule has 0 aliphatic carbocycles. The first-order valence-corrected chi connectivity index (χ1v) is 19.3. The summed E-state index contributed by atoms with van der Waals surface area (Å²) in [4.78, 5) is 16.9. The van der Waals surface area contributed by atoms with E-state index in [-0.39, 0.29) is 5.16 Å². The van der Waals surface area contributed by atoms with Gasteiger partial charge in [-0.3, -0.25) is 0 Å². The zero-order valence-electron chi connectivity index (χ0n) is 28.2. The van der Waals surface area contributed by atoms with Crippen molar-refractivity contribution >= 4 is 21.6 Å². The summed E-state index contributed by atoms with van der Waals surface area (Å²) in [6, 6.07) is 47.6. The molecule has 52 heavy (non-hydrogen) atoms. The number of thioether (sulfide) groups is 1. The van der Waals surface area contributed by atoms with Crippen molar-refractivity contribution < 1.29 is 8.42 Å². The lowest BCUT2D eigenvalue weighted by molar-refractivity contribution is 0.592. The summed E-state index contributed by atoms with van der Waals surface area (Å²) in [5.74, 6) is 1.16. The van der Waals surface area contributed by atoms with E-state index in [0.717, 1.165) is 62.3 Å². The van der Waals surface area contributed by atoms with Crippen molar-refractivity contribution in [2.45, 2.75) is 10.3 Å². The molecule has 0 saturated carbocycles. The van der Waals surface area contributed by atoms with Crippen molar-refractivity contribution in [2.75, 3.05) is 12.5 Å². The Morgan fingerprint density at radius 1 is 0.519 bits per heavy atom. The molecule has 0 saturated heterocycles. The molecule has 0 aliphatic rings. The Kier molecular flexibility index (Phi) is 10.1. The van der Waals surface area contributed by atoms with Gasteiger partial charge in [0.1, 0.15) is 0 Å². The van der Waals surface area contributed by atoms with E-state index < -0.39 is 9.84 Å². The van der Waals surface area contributed by atoms with Gasteiger partial charge in [0.05, 0.1) is 22.8 Å². The lowest BCUT2D eigenvalue weighted by atomic mass is 10.1. The summed E-state index contributed by atoms with van der Waals surface area (Å²) >= 11 is 1.52. The first kappa shape index (κ1) is 34.2. The van der Waals surface area contributed by atoms with Gasteiger partial charge in [-0.25, -0.2) is 32.7 Å². The molecule has 8 rings (SSSR count). The second kappa shape index (κ2) is 15.3. The highest BCUT2D eigenvalue weighted by atomic mass is 32.2. The Labute approximate surface area is 305 Å². The summed E-state index contributed by atoms with van der Waals surface area (Å²) in [7, 11) is -3.52. The minimum atomic E-state index is -3.52. The maximum atomic E-state index is 11.8. The highest BCUT2D eigenvalue weighted by Gasteiger charge is 2.18. The number of hydrogen-bond acceptors (Lipinski definition) is 9. The minimum absolute atomic E-state index is 0.226. The van der Waals surface area contributed by atoms with Crippen LogP contribution in [0, 0.1) is 0 Å². The molecule has 4 heterocycles. The molecule has 0 spiro atoms. The van der Waals surface area contributed by atoms with Gasteiger partial charge in [-0.15, -0.1) is 0 Å². The molecule has 0 aliphatic heterocycles. The highest BCUT2D eigenvalue weighted by molar-refractivity contribution is 7.98. The van der Waals surface area contributed by atoms with Crippen LogP contribution in [0.25, 0.3) is 56.7 Å². The van der Waals surface area contributed by atoms with Crippen molar-refractivity contribution in [1.82, 2.24) is 39.5 Å². The Bertz CT molecular complexity index is 2530. The Morgan fingerprint density at radius 3 is 1.35 bits per heavy atom. The zero-order chi connectivity index (χ0) is 35.9. The fraction of sp³-hybridized carbons (Fsp3) is 0.0500. The van der Waals surface area contributed by atoms with Crippen LogP contribution in [-0.2, 0) is 9.84 Å². The molecule has 0 N–H and O–H groups in total. The van der Waals surface area contributed by atoms with Gasteiger partial charge in [-0.1, -0.05) is 133 Å². The van der Waals surface area contributed by atoms with Crippen LogP contribution in [0.1, 0.15) is 0 Å². The van der Waals surface area contributed by atoms with Crippen molar-refractivity contribution in [3.05, 3.63) is 158 Å². The molecular weight excluding hydrogens is 689 g/mol. The van der Waals surface area contributed by atoms with Gasteiger partial charge in [0.2, 0.25) is 15.0 Å². The lowest BCUT2D eigenvalue weighted by Crippen LogP contribution is -2.09. The second-order valence-corrected chi connectivity index (χ2v) is 14.2. The Hall–Kier alpha value is -6.24.